The van der Waals surface area contributed by atoms with Crippen molar-refractivity contribution in [2.75, 3.05) is 24.5 Å². The number of hydrogen-bond acceptors (Lipinski definition) is 5. The van der Waals surface area contributed by atoms with Crippen molar-refractivity contribution in [2.45, 2.75) is 25.5 Å². The summed E-state index contributed by atoms with van der Waals surface area (Å²) in [5, 5.41) is 2.84. The molecule has 3 rings (SSSR count). The number of nitrogens with zero attached hydrogens (tertiary/aromatic N) is 2. The van der Waals surface area contributed by atoms with Crippen LogP contribution in [0.5, 0.6) is 0 Å². The zero-order valence-corrected chi connectivity index (χ0v) is 11.9. The first kappa shape index (κ1) is 13.4. The lowest BCUT2D eigenvalue weighted by Crippen LogP contribution is -2.26. The second-order valence-electron chi connectivity index (χ2n) is 5.06. The summed E-state index contributed by atoms with van der Waals surface area (Å²) in [7, 11) is 0. The van der Waals surface area contributed by atoms with E-state index in [1.165, 1.54) is 11.3 Å². The van der Waals surface area contributed by atoms with Gasteiger partial charge in [0.05, 0.1) is 6.54 Å². The maximum absolute atomic E-state index is 11.7. The van der Waals surface area contributed by atoms with Crippen molar-refractivity contribution < 1.29 is 14.3 Å². The van der Waals surface area contributed by atoms with Gasteiger partial charge in [-0.05, 0) is 23.4 Å². The molecule has 1 aromatic heterocycles. The van der Waals surface area contributed by atoms with Crippen molar-refractivity contribution in [3.63, 3.8) is 0 Å². The number of cyclic esters (lactones) is 1. The third-order valence-corrected chi connectivity index (χ3v) is 4.59. The highest BCUT2D eigenvalue weighted by molar-refractivity contribution is 7.14. The van der Waals surface area contributed by atoms with E-state index in [1.807, 2.05) is 16.3 Å². The number of carbonyl (C=O) groups excluding carboxylic acids is 2. The van der Waals surface area contributed by atoms with Gasteiger partial charge in [0.25, 0.3) is 0 Å². The number of thiophene rings is 1. The smallest absolute Gasteiger partial charge is 0.415 e. The van der Waals surface area contributed by atoms with E-state index in [0.29, 0.717) is 26.1 Å². The first-order valence-electron chi connectivity index (χ1n) is 6.71. The number of ether oxygens (including phenoxy) is 1. The van der Waals surface area contributed by atoms with Crippen LogP contribution in [0.4, 0.5) is 9.80 Å². The molecule has 3 heterocycles. The number of likely N-dealkylation sites (tertiary alicyclic amines) is 1. The molecule has 2 saturated heterocycles. The zero-order valence-electron chi connectivity index (χ0n) is 11.1. The topological polar surface area (TPSA) is 75.9 Å². The van der Waals surface area contributed by atoms with Gasteiger partial charge in [-0.1, -0.05) is 0 Å². The summed E-state index contributed by atoms with van der Waals surface area (Å²) in [5.74, 6) is 0.210. The lowest BCUT2D eigenvalue weighted by atomic mass is 10.3. The summed E-state index contributed by atoms with van der Waals surface area (Å²) in [6.07, 6.45) is 1.01. The van der Waals surface area contributed by atoms with Gasteiger partial charge in [-0.3, -0.25) is 9.69 Å². The summed E-state index contributed by atoms with van der Waals surface area (Å²) in [6, 6.07) is 1.95. The highest BCUT2D eigenvalue weighted by Gasteiger charge is 2.32. The molecule has 2 aliphatic heterocycles. The fourth-order valence-corrected chi connectivity index (χ4v) is 3.41. The molecule has 108 valence electrons. The van der Waals surface area contributed by atoms with Crippen LogP contribution in [0.1, 0.15) is 18.4 Å². The van der Waals surface area contributed by atoms with E-state index in [0.717, 1.165) is 23.5 Å². The lowest BCUT2D eigenvalue weighted by Gasteiger charge is -2.14. The van der Waals surface area contributed by atoms with Crippen LogP contribution in [0.2, 0.25) is 0 Å². The monoisotopic (exact) mass is 295 g/mol. The van der Waals surface area contributed by atoms with Crippen LogP contribution in [-0.2, 0) is 16.1 Å². The Morgan fingerprint density at radius 3 is 2.95 bits per heavy atom. The number of hydrogen-bond donors (Lipinski definition) is 1. The standard InChI is InChI=1S/C13H17N3O3S/c14-5-10-7-16(13(18)19-10)12-4-9(8-20-12)6-15-3-1-2-11(15)17/h4,8,10H,1-3,5-7,14H2/t10-/m0/s1. The highest BCUT2D eigenvalue weighted by atomic mass is 32.1. The maximum atomic E-state index is 11.7. The number of amides is 2. The molecule has 0 radical (unpaired) electrons. The number of nitrogens with two attached hydrogens (primary N) is 1. The van der Waals surface area contributed by atoms with E-state index >= 15 is 0 Å². The third-order valence-electron chi connectivity index (χ3n) is 3.59. The van der Waals surface area contributed by atoms with Crippen molar-refractivity contribution in [1.82, 2.24) is 4.90 Å². The molecular formula is C13H17N3O3S. The second-order valence-corrected chi connectivity index (χ2v) is 5.95. The van der Waals surface area contributed by atoms with Gasteiger partial charge < -0.3 is 15.4 Å². The minimum atomic E-state index is -0.342. The van der Waals surface area contributed by atoms with Gasteiger partial charge in [0, 0.05) is 26.1 Å². The molecule has 0 saturated carbocycles. The highest BCUT2D eigenvalue weighted by Crippen LogP contribution is 2.29. The van der Waals surface area contributed by atoms with Crippen molar-refractivity contribution in [1.29, 1.82) is 0 Å². The maximum Gasteiger partial charge on any atom is 0.415 e. The summed E-state index contributed by atoms with van der Waals surface area (Å²) in [6.45, 7) is 2.28. The second kappa shape index (κ2) is 5.41. The summed E-state index contributed by atoms with van der Waals surface area (Å²) >= 11 is 1.49. The average Bonchev–Trinajstić information content (AvgIpc) is 3.12. The quantitative estimate of drug-likeness (QED) is 0.904. The lowest BCUT2D eigenvalue weighted by molar-refractivity contribution is -0.128. The van der Waals surface area contributed by atoms with Crippen LogP contribution in [0.25, 0.3) is 0 Å². The largest absolute Gasteiger partial charge is 0.443 e. The Balaban J connectivity index is 1.67. The van der Waals surface area contributed by atoms with Gasteiger partial charge in [0.2, 0.25) is 5.91 Å². The van der Waals surface area contributed by atoms with Crippen molar-refractivity contribution in [3.8, 4) is 0 Å². The van der Waals surface area contributed by atoms with Gasteiger partial charge in [-0.25, -0.2) is 4.79 Å². The minimum Gasteiger partial charge on any atom is -0.443 e. The molecule has 1 aromatic rings. The van der Waals surface area contributed by atoms with E-state index in [2.05, 4.69) is 0 Å². The molecule has 2 aliphatic rings. The number of carbonyl (C=O) groups is 2. The Morgan fingerprint density at radius 2 is 2.30 bits per heavy atom. The fraction of sp³-hybridized carbons (Fsp3) is 0.538. The Bertz CT molecular complexity index is 531. The Morgan fingerprint density at radius 1 is 1.45 bits per heavy atom. The predicted octanol–water partition coefficient (Wildman–Crippen LogP) is 1.15. The molecule has 7 heteroatoms. The summed E-state index contributed by atoms with van der Waals surface area (Å²) in [5.41, 5.74) is 6.58. The Hall–Kier alpha value is -1.60. The first-order chi connectivity index (χ1) is 9.67. The van der Waals surface area contributed by atoms with E-state index < -0.39 is 0 Å². The van der Waals surface area contributed by atoms with Gasteiger partial charge >= 0.3 is 6.09 Å². The molecular weight excluding hydrogens is 278 g/mol. The van der Waals surface area contributed by atoms with E-state index in [-0.39, 0.29) is 18.1 Å². The Labute approximate surface area is 121 Å². The van der Waals surface area contributed by atoms with Crippen LogP contribution in [0.3, 0.4) is 0 Å². The number of anilines is 1. The molecule has 0 aromatic carbocycles. The molecule has 6 nitrogen and oxygen atoms in total. The number of rotatable bonds is 4. The van der Waals surface area contributed by atoms with Gasteiger partial charge in [-0.2, -0.15) is 0 Å². The van der Waals surface area contributed by atoms with Crippen molar-refractivity contribution >= 4 is 28.3 Å². The van der Waals surface area contributed by atoms with Gasteiger partial charge in [0.15, 0.2) is 0 Å². The molecule has 0 aliphatic carbocycles. The van der Waals surface area contributed by atoms with Gasteiger partial charge in [-0.15, -0.1) is 11.3 Å². The summed E-state index contributed by atoms with van der Waals surface area (Å²) in [4.78, 5) is 26.8. The van der Waals surface area contributed by atoms with Crippen LogP contribution >= 0.6 is 11.3 Å². The molecule has 20 heavy (non-hydrogen) atoms. The van der Waals surface area contributed by atoms with E-state index in [9.17, 15) is 9.59 Å². The predicted molar refractivity (Wildman–Crippen MR) is 75.6 cm³/mol. The Kier molecular flexibility index (Phi) is 3.62. The van der Waals surface area contributed by atoms with Crippen LogP contribution in [0.15, 0.2) is 11.4 Å². The van der Waals surface area contributed by atoms with E-state index in [4.69, 9.17) is 10.5 Å². The normalized spacial score (nSPS) is 22.8. The van der Waals surface area contributed by atoms with E-state index in [1.54, 1.807) is 4.90 Å². The third kappa shape index (κ3) is 2.51. The van der Waals surface area contributed by atoms with Gasteiger partial charge in [0.1, 0.15) is 11.1 Å². The average molecular weight is 295 g/mol. The molecule has 1 atom stereocenters. The minimum absolute atomic E-state index is 0.210. The molecule has 2 fully saturated rings. The van der Waals surface area contributed by atoms with Crippen molar-refractivity contribution in [2.24, 2.45) is 5.73 Å². The summed E-state index contributed by atoms with van der Waals surface area (Å²) < 4.78 is 5.14. The van der Waals surface area contributed by atoms with Crippen LogP contribution in [0, 0.1) is 0 Å². The van der Waals surface area contributed by atoms with Crippen LogP contribution < -0.4 is 10.6 Å². The first-order valence-corrected chi connectivity index (χ1v) is 7.58. The molecule has 2 amide bonds. The fourth-order valence-electron chi connectivity index (χ4n) is 2.50. The molecule has 0 spiro atoms. The molecule has 2 N–H and O–H groups in total. The SMILES string of the molecule is NC[C@H]1CN(c2cc(CN3CCCC3=O)cs2)C(=O)O1. The molecule has 0 unspecified atom stereocenters. The van der Waals surface area contributed by atoms with Crippen molar-refractivity contribution in [3.05, 3.63) is 17.0 Å². The molecule has 0 bridgehead atoms. The van der Waals surface area contributed by atoms with Crippen LogP contribution in [-0.4, -0.2) is 42.6 Å². The zero-order chi connectivity index (χ0) is 14.1.